The van der Waals surface area contributed by atoms with Gasteiger partial charge in [-0.05, 0) is 50.8 Å². The summed E-state index contributed by atoms with van der Waals surface area (Å²) in [7, 11) is 0. The number of hydrogen-bond acceptors (Lipinski definition) is 3. The molecule has 5 rings (SSSR count). The van der Waals surface area contributed by atoms with Crippen molar-refractivity contribution in [1.29, 1.82) is 0 Å². The highest BCUT2D eigenvalue weighted by molar-refractivity contribution is 6.13. The van der Waals surface area contributed by atoms with E-state index in [0.717, 1.165) is 49.1 Å². The van der Waals surface area contributed by atoms with Crippen molar-refractivity contribution in [2.24, 2.45) is 0 Å². The van der Waals surface area contributed by atoms with Gasteiger partial charge in [0, 0.05) is 23.9 Å². The van der Waals surface area contributed by atoms with Gasteiger partial charge in [0.25, 0.3) is 5.91 Å². The van der Waals surface area contributed by atoms with Crippen molar-refractivity contribution in [1.82, 2.24) is 9.88 Å². The standard InChI is InChI=1S/C27H33N3O3/c1-4-19-11-13-21(14-12-19)30-25(31)23-16-24-22(15-18(2)33-24)29(23)17-27(30,3)26(32)28-20-9-7-5-6-8-10-20/h11-16,20H,4-10,17H2,1-3H3,(H,28,32)/t27-/m1/s1. The summed E-state index contributed by atoms with van der Waals surface area (Å²) in [6, 6.07) is 11.9. The van der Waals surface area contributed by atoms with E-state index < -0.39 is 5.54 Å². The van der Waals surface area contributed by atoms with Gasteiger partial charge in [-0.2, -0.15) is 0 Å². The van der Waals surface area contributed by atoms with Gasteiger partial charge in [0.2, 0.25) is 5.91 Å². The average Bonchev–Trinajstić information content (AvgIpc) is 3.19. The number of nitrogens with one attached hydrogen (secondary N) is 1. The van der Waals surface area contributed by atoms with Crippen LogP contribution in [0.15, 0.2) is 40.8 Å². The monoisotopic (exact) mass is 447 g/mol. The number of benzene rings is 1. The van der Waals surface area contributed by atoms with E-state index in [-0.39, 0.29) is 17.9 Å². The van der Waals surface area contributed by atoms with E-state index in [0.29, 0.717) is 17.8 Å². The summed E-state index contributed by atoms with van der Waals surface area (Å²) in [6.07, 6.45) is 7.65. The highest BCUT2D eigenvalue weighted by Crippen LogP contribution is 2.37. The molecular weight excluding hydrogens is 414 g/mol. The van der Waals surface area contributed by atoms with Crippen molar-refractivity contribution in [2.75, 3.05) is 4.90 Å². The Morgan fingerprint density at radius 1 is 1.12 bits per heavy atom. The van der Waals surface area contributed by atoms with Crippen molar-refractivity contribution >= 4 is 28.6 Å². The molecule has 1 fully saturated rings. The maximum Gasteiger partial charge on any atom is 0.276 e. The van der Waals surface area contributed by atoms with Gasteiger partial charge >= 0.3 is 0 Å². The molecule has 33 heavy (non-hydrogen) atoms. The molecule has 174 valence electrons. The minimum Gasteiger partial charge on any atom is -0.460 e. The van der Waals surface area contributed by atoms with Crippen LogP contribution in [-0.2, 0) is 17.8 Å². The Bertz CT molecular complexity index is 1180. The van der Waals surface area contributed by atoms with Gasteiger partial charge in [0.1, 0.15) is 17.0 Å². The van der Waals surface area contributed by atoms with E-state index >= 15 is 0 Å². The molecule has 0 bridgehead atoms. The number of carbonyl (C=O) groups excluding carboxylic acids is 2. The summed E-state index contributed by atoms with van der Waals surface area (Å²) in [5.41, 5.74) is 3.00. The van der Waals surface area contributed by atoms with E-state index in [1.807, 2.05) is 48.7 Å². The van der Waals surface area contributed by atoms with Crippen LogP contribution in [0.3, 0.4) is 0 Å². The summed E-state index contributed by atoms with van der Waals surface area (Å²) in [4.78, 5) is 29.5. The first-order valence-electron chi connectivity index (χ1n) is 12.2. The van der Waals surface area contributed by atoms with Crippen molar-refractivity contribution in [3.05, 3.63) is 53.4 Å². The average molecular weight is 448 g/mol. The lowest BCUT2D eigenvalue weighted by Crippen LogP contribution is -2.65. The second-order valence-corrected chi connectivity index (χ2v) is 9.82. The van der Waals surface area contributed by atoms with Crippen molar-refractivity contribution in [3.8, 4) is 0 Å². The van der Waals surface area contributed by atoms with Crippen LogP contribution in [0.25, 0.3) is 11.1 Å². The fourth-order valence-corrected chi connectivity index (χ4v) is 5.45. The zero-order valence-corrected chi connectivity index (χ0v) is 19.8. The number of aryl methyl sites for hydroxylation is 2. The Balaban J connectivity index is 1.57. The van der Waals surface area contributed by atoms with Gasteiger partial charge in [0.15, 0.2) is 5.58 Å². The summed E-state index contributed by atoms with van der Waals surface area (Å²) in [5.74, 6) is 0.535. The van der Waals surface area contributed by atoms with Gasteiger partial charge < -0.3 is 14.3 Å². The molecule has 1 atom stereocenters. The Morgan fingerprint density at radius 3 is 2.48 bits per heavy atom. The molecule has 1 aliphatic carbocycles. The van der Waals surface area contributed by atoms with Crippen LogP contribution in [0.1, 0.15) is 74.2 Å². The molecule has 0 unspecified atom stereocenters. The van der Waals surface area contributed by atoms with E-state index in [2.05, 4.69) is 12.2 Å². The molecule has 1 aromatic carbocycles. The molecule has 0 saturated heterocycles. The quantitative estimate of drug-likeness (QED) is 0.547. The lowest BCUT2D eigenvalue weighted by atomic mass is 9.92. The summed E-state index contributed by atoms with van der Waals surface area (Å²) in [5, 5.41) is 3.32. The second-order valence-electron chi connectivity index (χ2n) is 9.82. The maximum absolute atomic E-state index is 13.9. The molecule has 6 heteroatoms. The van der Waals surface area contributed by atoms with Crippen LogP contribution in [0, 0.1) is 6.92 Å². The normalized spacial score (nSPS) is 21.8. The number of hydrogen-bond donors (Lipinski definition) is 1. The van der Waals surface area contributed by atoms with Crippen LogP contribution < -0.4 is 10.2 Å². The fourth-order valence-electron chi connectivity index (χ4n) is 5.45. The smallest absolute Gasteiger partial charge is 0.276 e. The lowest BCUT2D eigenvalue weighted by molar-refractivity contribution is -0.127. The maximum atomic E-state index is 13.9. The molecular formula is C27H33N3O3. The summed E-state index contributed by atoms with van der Waals surface area (Å²) < 4.78 is 7.77. The number of rotatable bonds is 4. The van der Waals surface area contributed by atoms with E-state index in [4.69, 9.17) is 4.42 Å². The third-order valence-corrected chi connectivity index (χ3v) is 7.38. The van der Waals surface area contributed by atoms with Crippen molar-refractivity contribution in [2.45, 2.75) is 83.8 Å². The summed E-state index contributed by atoms with van der Waals surface area (Å²) in [6.45, 7) is 6.28. The number of nitrogens with zero attached hydrogens (tertiary/aromatic N) is 2. The molecule has 1 saturated carbocycles. The van der Waals surface area contributed by atoms with Gasteiger partial charge in [-0.3, -0.25) is 14.5 Å². The number of aromatic nitrogens is 1. The van der Waals surface area contributed by atoms with Gasteiger partial charge in [0.05, 0.1) is 12.1 Å². The van der Waals surface area contributed by atoms with Crippen molar-refractivity contribution in [3.63, 3.8) is 0 Å². The predicted octanol–water partition coefficient (Wildman–Crippen LogP) is 5.36. The highest BCUT2D eigenvalue weighted by Gasteiger charge is 2.49. The van der Waals surface area contributed by atoms with Crippen LogP contribution in [0.2, 0.25) is 0 Å². The third-order valence-electron chi connectivity index (χ3n) is 7.38. The highest BCUT2D eigenvalue weighted by atomic mass is 16.3. The zero-order valence-electron chi connectivity index (χ0n) is 19.8. The Hall–Kier alpha value is -3.02. The second kappa shape index (κ2) is 8.40. The largest absolute Gasteiger partial charge is 0.460 e. The Kier molecular flexibility index (Phi) is 5.55. The van der Waals surface area contributed by atoms with Crippen LogP contribution in [0.5, 0.6) is 0 Å². The topological polar surface area (TPSA) is 67.5 Å². The lowest BCUT2D eigenvalue weighted by Gasteiger charge is -2.44. The zero-order chi connectivity index (χ0) is 23.2. The SMILES string of the molecule is CCc1ccc(N2C(=O)c3cc4oc(C)cc4n3C[C@]2(C)C(=O)NC2CCCCCC2)cc1. The molecule has 1 aliphatic heterocycles. The third kappa shape index (κ3) is 3.75. The number of fused-ring (bicyclic) bond motifs is 3. The molecule has 0 radical (unpaired) electrons. The molecule has 0 spiro atoms. The Morgan fingerprint density at radius 2 is 1.82 bits per heavy atom. The first kappa shape index (κ1) is 21.8. The van der Waals surface area contributed by atoms with Gasteiger partial charge in [-0.1, -0.05) is 44.7 Å². The first-order valence-corrected chi connectivity index (χ1v) is 12.2. The molecule has 2 aliphatic rings. The van der Waals surface area contributed by atoms with Crippen LogP contribution in [0.4, 0.5) is 5.69 Å². The number of anilines is 1. The number of furan rings is 1. The van der Waals surface area contributed by atoms with Gasteiger partial charge in [-0.15, -0.1) is 0 Å². The van der Waals surface area contributed by atoms with E-state index in [1.165, 1.54) is 18.4 Å². The molecule has 2 amide bonds. The first-order chi connectivity index (χ1) is 15.9. The predicted molar refractivity (Wildman–Crippen MR) is 130 cm³/mol. The summed E-state index contributed by atoms with van der Waals surface area (Å²) >= 11 is 0. The molecule has 6 nitrogen and oxygen atoms in total. The Labute approximate surface area is 194 Å². The molecule has 2 aromatic heterocycles. The van der Waals surface area contributed by atoms with Crippen LogP contribution in [-0.4, -0.2) is 28.0 Å². The van der Waals surface area contributed by atoms with Gasteiger partial charge in [-0.25, -0.2) is 0 Å². The number of amides is 2. The molecule has 3 aromatic rings. The fraction of sp³-hybridized carbons (Fsp3) is 0.481. The van der Waals surface area contributed by atoms with E-state index in [9.17, 15) is 9.59 Å². The molecule has 1 N–H and O–H groups in total. The van der Waals surface area contributed by atoms with Crippen LogP contribution >= 0.6 is 0 Å². The van der Waals surface area contributed by atoms with Crippen molar-refractivity contribution < 1.29 is 14.0 Å². The molecule has 3 heterocycles. The van der Waals surface area contributed by atoms with E-state index in [1.54, 1.807) is 11.0 Å². The minimum atomic E-state index is -1.05. The number of carbonyl (C=O) groups is 2. The minimum absolute atomic E-state index is 0.0879.